The molecule has 0 saturated carbocycles. The largest absolute Gasteiger partial charge is 0.444 e. The number of anilines is 1. The third-order valence-electron chi connectivity index (χ3n) is 5.33. The normalized spacial score (nSPS) is 11.9. The molecule has 0 atom stereocenters. The van der Waals surface area contributed by atoms with E-state index in [0.29, 0.717) is 11.1 Å². The lowest BCUT2D eigenvalue weighted by Gasteiger charge is -2.19. The number of benzene rings is 1. The van der Waals surface area contributed by atoms with Gasteiger partial charge < -0.3 is 24.1 Å². The fourth-order valence-corrected chi connectivity index (χ4v) is 3.94. The first kappa shape index (κ1) is 22.6. The Labute approximate surface area is 192 Å². The van der Waals surface area contributed by atoms with Gasteiger partial charge in [-0.2, -0.15) is 0 Å². The summed E-state index contributed by atoms with van der Waals surface area (Å²) >= 11 is 0. The molecule has 1 N–H and O–H groups in total. The molecule has 0 unspecified atom stereocenters. The minimum atomic E-state index is -0.601. The second kappa shape index (κ2) is 8.06. The second-order valence-electron chi connectivity index (χ2n) is 9.41. The number of amides is 1. The van der Waals surface area contributed by atoms with Crippen LogP contribution in [-0.2, 0) is 25.4 Å². The third kappa shape index (κ3) is 4.35. The zero-order chi connectivity index (χ0) is 24.1. The summed E-state index contributed by atoms with van der Waals surface area (Å²) in [6, 6.07) is 6.76. The van der Waals surface area contributed by atoms with Crippen LogP contribution in [-0.4, -0.2) is 44.9 Å². The summed E-state index contributed by atoms with van der Waals surface area (Å²) in [4.78, 5) is 23.3. The van der Waals surface area contributed by atoms with E-state index in [1.165, 1.54) is 12.1 Å². The van der Waals surface area contributed by atoms with Crippen molar-refractivity contribution < 1.29 is 13.9 Å². The van der Waals surface area contributed by atoms with Gasteiger partial charge in [0.2, 0.25) is 0 Å². The molecule has 4 aromatic rings. The number of imidazole rings is 1. The van der Waals surface area contributed by atoms with Crippen molar-refractivity contribution in [3.05, 3.63) is 42.0 Å². The molecule has 0 saturated heterocycles. The third-order valence-corrected chi connectivity index (χ3v) is 5.33. The van der Waals surface area contributed by atoms with Crippen LogP contribution in [0.15, 0.2) is 30.6 Å². The fraction of sp³-hybridized carbons (Fsp3) is 0.375. The first-order valence-electron chi connectivity index (χ1n) is 10.7. The monoisotopic (exact) mass is 452 g/mol. The first-order chi connectivity index (χ1) is 15.4. The Bertz CT molecular complexity index is 1360. The summed E-state index contributed by atoms with van der Waals surface area (Å²) in [7, 11) is 7.73. The number of hydrogen-bond acceptors (Lipinski definition) is 5. The van der Waals surface area contributed by atoms with Gasteiger partial charge in [-0.05, 0) is 50.6 Å². The molecule has 1 aromatic carbocycles. The molecular weight excluding hydrogens is 423 g/mol. The lowest BCUT2D eigenvalue weighted by molar-refractivity contribution is 0.0523. The van der Waals surface area contributed by atoms with Gasteiger partial charge >= 0.3 is 6.09 Å². The summed E-state index contributed by atoms with van der Waals surface area (Å²) < 4.78 is 23.7. The average Bonchev–Trinajstić information content (AvgIpc) is 3.24. The summed E-state index contributed by atoms with van der Waals surface area (Å²) in [6.45, 7) is 5.53. The van der Waals surface area contributed by atoms with E-state index >= 15 is 0 Å². The highest BCUT2D eigenvalue weighted by atomic mass is 19.1. The van der Waals surface area contributed by atoms with Crippen molar-refractivity contribution in [3.8, 4) is 11.3 Å². The molecule has 0 spiro atoms. The van der Waals surface area contributed by atoms with Gasteiger partial charge in [-0.3, -0.25) is 0 Å². The maximum atomic E-state index is 14.5. The quantitative estimate of drug-likeness (QED) is 0.498. The van der Waals surface area contributed by atoms with Crippen LogP contribution in [0.3, 0.4) is 0 Å². The van der Waals surface area contributed by atoms with Gasteiger partial charge in [0.1, 0.15) is 22.6 Å². The van der Waals surface area contributed by atoms with Crippen LogP contribution in [0.4, 0.5) is 15.0 Å². The molecule has 3 aromatic heterocycles. The highest BCUT2D eigenvalue weighted by molar-refractivity contribution is 6.08. The number of halogens is 1. The van der Waals surface area contributed by atoms with Crippen molar-refractivity contribution >= 4 is 34.0 Å². The van der Waals surface area contributed by atoms with Crippen LogP contribution in [0, 0.1) is 5.82 Å². The molecule has 0 aliphatic heterocycles. The Morgan fingerprint density at radius 3 is 2.58 bits per heavy atom. The molecular formula is C24H29FN6O2. The molecule has 8 nitrogen and oxygen atoms in total. The molecule has 0 aliphatic rings. The maximum Gasteiger partial charge on any atom is 0.407 e. The highest BCUT2D eigenvalue weighted by Crippen LogP contribution is 2.34. The molecule has 33 heavy (non-hydrogen) atoms. The van der Waals surface area contributed by atoms with E-state index in [0.717, 1.165) is 33.6 Å². The van der Waals surface area contributed by atoms with Crippen molar-refractivity contribution in [2.75, 3.05) is 19.0 Å². The number of nitrogens with one attached hydrogen (secondary N) is 1. The maximum absolute atomic E-state index is 14.5. The Kier molecular flexibility index (Phi) is 5.51. The molecule has 0 fully saturated rings. The topological polar surface area (TPSA) is 77.2 Å². The number of rotatable bonds is 4. The first-order valence-corrected chi connectivity index (χ1v) is 10.7. The minimum absolute atomic E-state index is 0.151. The van der Waals surface area contributed by atoms with E-state index < -0.39 is 11.7 Å². The molecule has 0 radical (unpaired) electrons. The molecule has 1 amide bonds. The number of pyridine rings is 1. The van der Waals surface area contributed by atoms with Crippen molar-refractivity contribution in [2.24, 2.45) is 14.1 Å². The van der Waals surface area contributed by atoms with Crippen LogP contribution in [0.1, 0.15) is 26.3 Å². The molecule has 9 heteroatoms. The number of carbonyl (C=O) groups excluding carboxylic acids is 1. The van der Waals surface area contributed by atoms with Gasteiger partial charge in [-0.25, -0.2) is 19.2 Å². The van der Waals surface area contributed by atoms with Crippen LogP contribution in [0.25, 0.3) is 33.3 Å². The Hall–Kier alpha value is -3.62. The Balaban J connectivity index is 1.76. The number of aryl methyl sites for hydroxylation is 2. The average molecular weight is 453 g/mol. The van der Waals surface area contributed by atoms with E-state index in [9.17, 15) is 9.18 Å². The smallest absolute Gasteiger partial charge is 0.407 e. The van der Waals surface area contributed by atoms with E-state index in [1.54, 1.807) is 27.1 Å². The number of aromatic nitrogens is 4. The van der Waals surface area contributed by atoms with Crippen LogP contribution >= 0.6 is 0 Å². The fourth-order valence-electron chi connectivity index (χ4n) is 3.94. The zero-order valence-corrected chi connectivity index (χ0v) is 20.0. The highest BCUT2D eigenvalue weighted by Gasteiger charge is 2.20. The van der Waals surface area contributed by atoms with E-state index in [2.05, 4.69) is 10.3 Å². The van der Waals surface area contributed by atoms with Crippen molar-refractivity contribution in [3.63, 3.8) is 0 Å². The summed E-state index contributed by atoms with van der Waals surface area (Å²) in [5, 5.41) is 3.62. The number of hydrogen-bond donors (Lipinski definition) is 1. The van der Waals surface area contributed by atoms with E-state index in [4.69, 9.17) is 9.72 Å². The zero-order valence-electron chi connectivity index (χ0n) is 20.0. The summed E-state index contributed by atoms with van der Waals surface area (Å²) in [6.07, 6.45) is 1.23. The lowest BCUT2D eigenvalue weighted by Crippen LogP contribution is -2.32. The van der Waals surface area contributed by atoms with Gasteiger partial charge in [0.25, 0.3) is 0 Å². The van der Waals surface area contributed by atoms with Gasteiger partial charge in [0, 0.05) is 45.7 Å². The predicted octanol–water partition coefficient (Wildman–Crippen LogP) is 4.36. The van der Waals surface area contributed by atoms with Crippen LogP contribution < -0.4 is 10.2 Å². The summed E-state index contributed by atoms with van der Waals surface area (Å²) in [5.41, 5.74) is 4.10. The standard InChI is InChI=1S/C24H29FN6O2/c1-24(2,3)33-23(32)26-12-14-8-15(10-16(25)9-14)18-11-17-20-19(27-13-30(20)6)22(29(4)5)28-21(17)31(18)7/h8-11,13H,12H2,1-7H3,(H,26,32). The predicted molar refractivity (Wildman–Crippen MR) is 128 cm³/mol. The van der Waals surface area contributed by atoms with Gasteiger partial charge in [-0.1, -0.05) is 0 Å². The van der Waals surface area contributed by atoms with Crippen molar-refractivity contribution in [1.82, 2.24) is 24.4 Å². The molecule has 4 rings (SSSR count). The molecule has 174 valence electrons. The number of nitrogens with zero attached hydrogens (tertiary/aromatic N) is 5. The lowest BCUT2D eigenvalue weighted by atomic mass is 10.1. The van der Waals surface area contributed by atoms with Crippen LogP contribution in [0.5, 0.6) is 0 Å². The molecule has 0 aliphatic carbocycles. The van der Waals surface area contributed by atoms with Crippen molar-refractivity contribution in [2.45, 2.75) is 32.9 Å². The Morgan fingerprint density at radius 2 is 1.91 bits per heavy atom. The van der Waals surface area contributed by atoms with E-state index in [1.807, 2.05) is 54.4 Å². The minimum Gasteiger partial charge on any atom is -0.444 e. The molecule has 0 bridgehead atoms. The van der Waals surface area contributed by atoms with Gasteiger partial charge in [0.05, 0.1) is 17.5 Å². The van der Waals surface area contributed by atoms with Gasteiger partial charge in [0.15, 0.2) is 5.82 Å². The van der Waals surface area contributed by atoms with Gasteiger partial charge in [-0.15, -0.1) is 0 Å². The molecule has 3 heterocycles. The van der Waals surface area contributed by atoms with Crippen LogP contribution in [0.2, 0.25) is 0 Å². The van der Waals surface area contributed by atoms with E-state index in [-0.39, 0.29) is 12.4 Å². The number of ether oxygens (including phenoxy) is 1. The second-order valence-corrected chi connectivity index (χ2v) is 9.41. The SMILES string of the molecule is CN(C)c1nc2c(cc(-c3cc(F)cc(CNC(=O)OC(C)(C)C)c3)n2C)c2c1ncn2C. The summed E-state index contributed by atoms with van der Waals surface area (Å²) in [5.74, 6) is 0.388. The van der Waals surface area contributed by atoms with Crippen molar-refractivity contribution in [1.29, 1.82) is 0 Å². The number of alkyl carbamates (subject to hydrolysis) is 1. The number of carbonyl (C=O) groups is 1. The number of fused-ring (bicyclic) bond motifs is 3. The Morgan fingerprint density at radius 1 is 1.18 bits per heavy atom.